The molecule has 0 saturated carbocycles. The van der Waals surface area contributed by atoms with Gasteiger partial charge in [0.1, 0.15) is 0 Å². The molecule has 0 bridgehead atoms. The molecule has 1 aromatic heterocycles. The number of hydrogen-bond donors (Lipinski definition) is 2. The first kappa shape index (κ1) is 12.1. The van der Waals surface area contributed by atoms with Gasteiger partial charge in [-0.25, -0.2) is 5.84 Å². The fraction of sp³-hybridized carbons (Fsp3) is 0.182. The van der Waals surface area contributed by atoms with E-state index in [4.69, 9.17) is 10.6 Å². The molecule has 0 amide bonds. The van der Waals surface area contributed by atoms with Crippen molar-refractivity contribution >= 4 is 17.6 Å². The largest absolute Gasteiger partial charge is 0.467 e. The number of hydrogen-bond acceptors (Lipinski definition) is 7. The van der Waals surface area contributed by atoms with Crippen LogP contribution in [-0.4, -0.2) is 29.1 Å². The van der Waals surface area contributed by atoms with Crippen LogP contribution in [0.3, 0.4) is 0 Å². The molecular weight excluding hydrogens is 232 g/mol. The highest BCUT2D eigenvalue weighted by Crippen LogP contribution is 2.21. The van der Waals surface area contributed by atoms with Crippen LogP contribution in [0.1, 0.15) is 0 Å². The van der Waals surface area contributed by atoms with Crippen molar-refractivity contribution in [2.24, 2.45) is 5.84 Å². The monoisotopic (exact) mass is 246 g/mol. The van der Waals surface area contributed by atoms with Crippen LogP contribution in [0.2, 0.25) is 0 Å². The highest BCUT2D eigenvalue weighted by atomic mass is 16.5. The number of rotatable bonds is 4. The Morgan fingerprint density at radius 3 is 2.50 bits per heavy atom. The average Bonchev–Trinajstić information content (AvgIpc) is 2.46. The molecule has 3 N–H and O–H groups in total. The highest BCUT2D eigenvalue weighted by molar-refractivity contribution is 5.56. The van der Waals surface area contributed by atoms with Crippen LogP contribution in [0.25, 0.3) is 0 Å². The van der Waals surface area contributed by atoms with E-state index in [1.807, 2.05) is 42.3 Å². The van der Waals surface area contributed by atoms with Gasteiger partial charge in [0.2, 0.25) is 11.9 Å². The minimum absolute atomic E-state index is 0.204. The van der Waals surface area contributed by atoms with Gasteiger partial charge in [-0.15, -0.1) is 0 Å². The van der Waals surface area contributed by atoms with E-state index < -0.39 is 0 Å². The average molecular weight is 246 g/mol. The summed E-state index contributed by atoms with van der Waals surface area (Å²) < 4.78 is 5.00. The van der Waals surface area contributed by atoms with E-state index in [2.05, 4.69) is 20.4 Å². The highest BCUT2D eigenvalue weighted by Gasteiger charge is 2.11. The Hall–Kier alpha value is -2.41. The van der Waals surface area contributed by atoms with Crippen LogP contribution in [0.5, 0.6) is 6.01 Å². The van der Waals surface area contributed by atoms with Crippen molar-refractivity contribution in [3.8, 4) is 6.01 Å². The second-order valence-corrected chi connectivity index (χ2v) is 3.48. The van der Waals surface area contributed by atoms with E-state index in [-0.39, 0.29) is 12.0 Å². The van der Waals surface area contributed by atoms with Gasteiger partial charge in [0.25, 0.3) is 0 Å². The van der Waals surface area contributed by atoms with E-state index in [1.165, 1.54) is 7.11 Å². The number of nitrogens with two attached hydrogens (primary N) is 1. The SMILES string of the molecule is COc1nc(NN)nc(N(C)c2ccccc2)n1. The van der Waals surface area contributed by atoms with Gasteiger partial charge < -0.3 is 9.64 Å². The van der Waals surface area contributed by atoms with Crippen molar-refractivity contribution < 1.29 is 4.74 Å². The van der Waals surface area contributed by atoms with Crippen LogP contribution in [0, 0.1) is 0 Å². The molecule has 94 valence electrons. The van der Waals surface area contributed by atoms with Crippen LogP contribution in [-0.2, 0) is 0 Å². The summed E-state index contributed by atoms with van der Waals surface area (Å²) >= 11 is 0. The Morgan fingerprint density at radius 1 is 1.17 bits per heavy atom. The van der Waals surface area contributed by atoms with Crippen LogP contribution in [0.4, 0.5) is 17.6 Å². The zero-order valence-electron chi connectivity index (χ0n) is 10.2. The predicted octanol–water partition coefficient (Wildman–Crippen LogP) is 0.934. The van der Waals surface area contributed by atoms with E-state index in [0.717, 1.165) is 5.69 Å². The lowest BCUT2D eigenvalue weighted by atomic mass is 10.3. The van der Waals surface area contributed by atoms with Crippen molar-refractivity contribution in [2.75, 3.05) is 24.5 Å². The van der Waals surface area contributed by atoms with Crippen LogP contribution >= 0.6 is 0 Å². The topological polar surface area (TPSA) is 89.2 Å². The van der Waals surface area contributed by atoms with Gasteiger partial charge in [0.05, 0.1) is 7.11 Å². The normalized spacial score (nSPS) is 9.94. The van der Waals surface area contributed by atoms with Gasteiger partial charge in [-0.3, -0.25) is 5.43 Å². The molecule has 7 heteroatoms. The van der Waals surface area contributed by atoms with Gasteiger partial charge in [-0.2, -0.15) is 15.0 Å². The molecule has 7 nitrogen and oxygen atoms in total. The molecule has 0 aliphatic rings. The lowest BCUT2D eigenvalue weighted by Crippen LogP contribution is -2.17. The summed E-state index contributed by atoms with van der Waals surface area (Å²) in [4.78, 5) is 14.1. The first-order valence-corrected chi connectivity index (χ1v) is 5.30. The van der Waals surface area contributed by atoms with E-state index in [9.17, 15) is 0 Å². The molecule has 1 heterocycles. The summed E-state index contributed by atoms with van der Waals surface area (Å²) in [5.74, 6) is 6.00. The molecule has 0 aliphatic carbocycles. The number of aromatic nitrogens is 3. The maximum absolute atomic E-state index is 5.30. The third-order valence-electron chi connectivity index (χ3n) is 2.36. The molecule has 0 atom stereocenters. The predicted molar refractivity (Wildman–Crippen MR) is 68.7 cm³/mol. The van der Waals surface area contributed by atoms with Gasteiger partial charge in [-0.1, -0.05) is 18.2 Å². The van der Waals surface area contributed by atoms with Crippen LogP contribution in [0.15, 0.2) is 30.3 Å². The first-order chi connectivity index (χ1) is 8.74. The number of nitrogens with zero attached hydrogens (tertiary/aromatic N) is 4. The Balaban J connectivity index is 2.38. The number of ether oxygens (including phenoxy) is 1. The first-order valence-electron chi connectivity index (χ1n) is 5.30. The number of nitrogen functional groups attached to an aromatic ring is 1. The molecule has 2 aromatic rings. The number of nitrogens with one attached hydrogen (secondary N) is 1. The Bertz CT molecular complexity index is 496. The van der Waals surface area contributed by atoms with Crippen molar-refractivity contribution in [2.45, 2.75) is 0 Å². The fourth-order valence-corrected chi connectivity index (χ4v) is 1.42. The van der Waals surface area contributed by atoms with Crippen molar-refractivity contribution in [3.63, 3.8) is 0 Å². The fourth-order valence-electron chi connectivity index (χ4n) is 1.42. The number of para-hydroxylation sites is 1. The lowest BCUT2D eigenvalue weighted by molar-refractivity contribution is 0.379. The molecule has 0 saturated heterocycles. The van der Waals surface area contributed by atoms with Crippen LogP contribution < -0.4 is 20.9 Å². The summed E-state index contributed by atoms with van der Waals surface area (Å²) in [6, 6.07) is 9.92. The molecule has 1 aromatic carbocycles. The summed E-state index contributed by atoms with van der Waals surface area (Å²) in [6.07, 6.45) is 0. The second kappa shape index (κ2) is 5.28. The number of methoxy groups -OCH3 is 1. The van der Waals surface area contributed by atoms with Gasteiger partial charge >= 0.3 is 6.01 Å². The molecule has 0 aliphatic heterocycles. The van der Waals surface area contributed by atoms with Gasteiger partial charge in [0, 0.05) is 12.7 Å². The Morgan fingerprint density at radius 2 is 1.89 bits per heavy atom. The zero-order chi connectivity index (χ0) is 13.0. The Labute approximate surface area is 105 Å². The molecule has 2 rings (SSSR count). The standard InChI is InChI=1S/C11H14N6O/c1-17(8-6-4-3-5-7-8)10-13-9(16-12)14-11(15-10)18-2/h3-7H,12H2,1-2H3,(H,13,14,15,16). The third-order valence-corrected chi connectivity index (χ3v) is 2.36. The number of benzene rings is 1. The van der Waals surface area contributed by atoms with Crippen molar-refractivity contribution in [1.29, 1.82) is 0 Å². The minimum atomic E-state index is 0.204. The van der Waals surface area contributed by atoms with E-state index in [0.29, 0.717) is 5.95 Å². The van der Waals surface area contributed by atoms with Crippen molar-refractivity contribution in [1.82, 2.24) is 15.0 Å². The minimum Gasteiger partial charge on any atom is -0.467 e. The zero-order valence-corrected chi connectivity index (χ0v) is 10.2. The summed E-state index contributed by atoms with van der Waals surface area (Å²) in [7, 11) is 3.34. The van der Waals surface area contributed by atoms with Crippen molar-refractivity contribution in [3.05, 3.63) is 30.3 Å². The van der Waals surface area contributed by atoms with Gasteiger partial charge in [-0.05, 0) is 12.1 Å². The second-order valence-electron chi connectivity index (χ2n) is 3.48. The third kappa shape index (κ3) is 2.46. The molecule has 0 fully saturated rings. The number of anilines is 3. The molecular formula is C11H14N6O. The summed E-state index contributed by atoms with van der Waals surface area (Å²) in [6.45, 7) is 0. The molecule has 0 radical (unpaired) electrons. The molecule has 0 spiro atoms. The quantitative estimate of drug-likeness (QED) is 0.612. The van der Waals surface area contributed by atoms with Gasteiger partial charge in [0.15, 0.2) is 0 Å². The smallest absolute Gasteiger partial charge is 0.322 e. The number of hydrazine groups is 1. The summed E-state index contributed by atoms with van der Waals surface area (Å²) in [5.41, 5.74) is 3.33. The maximum Gasteiger partial charge on any atom is 0.322 e. The molecule has 0 unspecified atom stereocenters. The van der Waals surface area contributed by atoms with E-state index >= 15 is 0 Å². The maximum atomic E-state index is 5.30. The Kier molecular flexibility index (Phi) is 3.54. The summed E-state index contributed by atoms with van der Waals surface area (Å²) in [5, 5.41) is 0. The lowest BCUT2D eigenvalue weighted by Gasteiger charge is -2.17. The van der Waals surface area contributed by atoms with E-state index in [1.54, 1.807) is 0 Å². The molecule has 18 heavy (non-hydrogen) atoms.